The average Bonchev–Trinajstić information content (AvgIpc) is 3.84. The van der Waals surface area contributed by atoms with E-state index < -0.39 is 46.2 Å². The Morgan fingerprint density at radius 1 is 0.723 bits per heavy atom. The van der Waals surface area contributed by atoms with Crippen molar-refractivity contribution in [1.29, 1.82) is 5.26 Å². The van der Waals surface area contributed by atoms with E-state index in [0.29, 0.717) is 24.2 Å². The van der Waals surface area contributed by atoms with Gasteiger partial charge < -0.3 is 15.7 Å². The summed E-state index contributed by atoms with van der Waals surface area (Å²) in [6.45, 7) is 0. The zero-order chi connectivity index (χ0) is 32.3. The van der Waals surface area contributed by atoms with Crippen LogP contribution in [0.4, 0.5) is 17.6 Å². The van der Waals surface area contributed by atoms with Gasteiger partial charge in [0, 0.05) is 18.6 Å². The van der Waals surface area contributed by atoms with E-state index in [0.717, 1.165) is 31.7 Å². The fraction of sp³-hybridized carbons (Fsp3) is 0.455. The number of aromatic nitrogens is 3. The van der Waals surface area contributed by atoms with Crippen molar-refractivity contribution in [3.05, 3.63) is 89.8 Å². The minimum atomic E-state index is -1.05. The molecule has 0 saturated heterocycles. The number of carboxylic acids is 2. The Bertz CT molecular complexity index is 1620. The number of nitriles is 1. The summed E-state index contributed by atoms with van der Waals surface area (Å²) in [6.07, 6.45) is 12.6. The normalized spacial score (nSPS) is 26.8. The van der Waals surface area contributed by atoms with Gasteiger partial charge in [-0.05, 0) is 110 Å². The van der Waals surface area contributed by atoms with Crippen molar-refractivity contribution in [2.24, 2.45) is 22.2 Å². The van der Waals surface area contributed by atoms with Gasteiger partial charge in [-0.15, -0.1) is 0 Å². The van der Waals surface area contributed by atoms with Gasteiger partial charge in [-0.1, -0.05) is 0 Å². The fourth-order valence-corrected chi connectivity index (χ4v) is 6.92. The van der Waals surface area contributed by atoms with Crippen LogP contribution >= 0.6 is 0 Å². The maximum absolute atomic E-state index is 13.5. The summed E-state index contributed by atoms with van der Waals surface area (Å²) in [5.41, 5.74) is -1.56. The molecule has 3 spiro atoms. The first-order valence-electron chi connectivity index (χ1n) is 14.8. The predicted molar refractivity (Wildman–Crippen MR) is 151 cm³/mol. The zero-order valence-corrected chi connectivity index (χ0v) is 27.6. The molecule has 3 N–H and O–H groups in total. The number of carboxylic acid groups (broad SMARTS) is 2. The maximum Gasteiger partial charge on any atom is 1.00 e. The monoisotopic (exact) mass is 662 g/mol. The van der Waals surface area contributed by atoms with Crippen LogP contribution in [-0.4, -0.2) is 42.6 Å². The Labute approximate surface area is 290 Å². The minimum Gasteiger partial charge on any atom is -0.870 e. The van der Waals surface area contributed by atoms with E-state index in [-0.39, 0.29) is 57.3 Å². The molecule has 3 heterocycles. The van der Waals surface area contributed by atoms with Crippen molar-refractivity contribution in [2.45, 2.75) is 68.6 Å². The zero-order valence-electron chi connectivity index (χ0n) is 25.6. The second-order valence-corrected chi connectivity index (χ2v) is 13.0. The maximum atomic E-state index is 13.5. The molecule has 0 radical (unpaired) electrons. The van der Waals surface area contributed by atoms with Crippen LogP contribution in [0.5, 0.6) is 0 Å². The first-order chi connectivity index (χ1) is 21.4. The Morgan fingerprint density at radius 3 is 1.34 bits per heavy atom. The molecule has 6 fully saturated rings. The van der Waals surface area contributed by atoms with Gasteiger partial charge in [0.1, 0.15) is 22.5 Å². The number of hydrogen-bond acceptors (Lipinski definition) is 7. The summed E-state index contributed by atoms with van der Waals surface area (Å²) in [5, 5.41) is 26.8. The van der Waals surface area contributed by atoms with Gasteiger partial charge in [-0.25, -0.2) is 18.2 Å². The SMILES string of the molecule is Fc1cccnc1F.N#CC1CC12CC2.O=C(O)C1(c2ncccc2F)CC12CC2.O=C(O)C1(c2ncccc2F)CC12CC2.[Na+].[OH-]. The topological polar surface area (TPSA) is 167 Å². The number of hydrogen-bond donors (Lipinski definition) is 2. The standard InChI is InChI=1S/2C11H10FNO2.C6H7N.C5H3F2N.Na.H2O/c2*12-7-2-1-5-13-8(7)11(9(14)15)6-10(11)3-4-10;7-4-5-3-6(5)1-2-6;6-4-2-1-3-8-5(4)7;;/h2*1-2,5H,3-4,6H2,(H,14,15);5H,1-3H2;1-3H;;1H2/q;;;;+1;/p-1. The molecule has 0 aromatic carbocycles. The fourth-order valence-electron chi connectivity index (χ4n) is 6.92. The number of halogens is 4. The number of aliphatic carboxylic acids is 2. The molecule has 0 aliphatic heterocycles. The molecule has 3 atom stereocenters. The van der Waals surface area contributed by atoms with Gasteiger partial charge in [0.25, 0.3) is 0 Å². The average molecular weight is 663 g/mol. The van der Waals surface area contributed by atoms with Crippen molar-refractivity contribution in [3.8, 4) is 6.07 Å². The number of carbonyl (C=O) groups is 2. The Balaban J connectivity index is 0.000000147. The molecule has 6 saturated carbocycles. The van der Waals surface area contributed by atoms with E-state index in [4.69, 9.17) is 5.26 Å². The largest absolute Gasteiger partial charge is 1.00 e. The second kappa shape index (κ2) is 12.9. The number of pyridine rings is 3. The van der Waals surface area contributed by atoms with Crippen LogP contribution in [0.2, 0.25) is 0 Å². The van der Waals surface area contributed by atoms with E-state index >= 15 is 0 Å². The Morgan fingerprint density at radius 2 is 1.13 bits per heavy atom. The van der Waals surface area contributed by atoms with Crippen LogP contribution in [-0.2, 0) is 20.4 Å². The van der Waals surface area contributed by atoms with Crippen molar-refractivity contribution in [1.82, 2.24) is 15.0 Å². The molecule has 47 heavy (non-hydrogen) atoms. The van der Waals surface area contributed by atoms with E-state index in [9.17, 15) is 37.4 Å². The molecule has 9 nitrogen and oxygen atoms in total. The molecule has 3 unspecified atom stereocenters. The van der Waals surface area contributed by atoms with E-state index in [1.165, 1.54) is 68.2 Å². The van der Waals surface area contributed by atoms with Crippen LogP contribution in [0.15, 0.2) is 55.0 Å². The van der Waals surface area contributed by atoms with Crippen LogP contribution in [0.3, 0.4) is 0 Å². The van der Waals surface area contributed by atoms with Crippen molar-refractivity contribution in [2.75, 3.05) is 0 Å². The summed E-state index contributed by atoms with van der Waals surface area (Å²) < 4.78 is 50.8. The van der Waals surface area contributed by atoms with Crippen LogP contribution in [0.25, 0.3) is 0 Å². The minimum absolute atomic E-state index is 0. The molecular weight excluding hydrogens is 631 g/mol. The molecule has 3 aromatic heterocycles. The molecular formula is C33H31F4N4NaO5. The van der Waals surface area contributed by atoms with Crippen LogP contribution < -0.4 is 29.6 Å². The van der Waals surface area contributed by atoms with Gasteiger partial charge in [-0.2, -0.15) is 9.65 Å². The van der Waals surface area contributed by atoms with Gasteiger partial charge >= 0.3 is 41.5 Å². The first-order valence-corrected chi connectivity index (χ1v) is 14.8. The first kappa shape index (κ1) is 36.4. The molecule has 14 heteroatoms. The summed E-state index contributed by atoms with van der Waals surface area (Å²) in [7, 11) is 0. The summed E-state index contributed by atoms with van der Waals surface area (Å²) in [5.74, 6) is -4.35. The van der Waals surface area contributed by atoms with Crippen LogP contribution in [0.1, 0.15) is 69.2 Å². The number of rotatable bonds is 4. The van der Waals surface area contributed by atoms with Gasteiger partial charge in [0.15, 0.2) is 5.82 Å². The molecule has 9 rings (SSSR count). The van der Waals surface area contributed by atoms with Crippen molar-refractivity contribution in [3.63, 3.8) is 0 Å². The Hall–Kier alpha value is -3.44. The molecule has 6 aliphatic carbocycles. The number of nitrogens with zero attached hydrogens (tertiary/aromatic N) is 4. The molecule has 6 aliphatic rings. The smallest absolute Gasteiger partial charge is 0.870 e. The third kappa shape index (κ3) is 6.28. The third-order valence-electron chi connectivity index (χ3n) is 10.5. The van der Waals surface area contributed by atoms with Crippen LogP contribution in [0, 0.1) is 56.9 Å². The third-order valence-corrected chi connectivity index (χ3v) is 10.5. The molecule has 0 amide bonds. The van der Waals surface area contributed by atoms with E-state index in [1.54, 1.807) is 0 Å². The van der Waals surface area contributed by atoms with Gasteiger partial charge in [0.2, 0.25) is 5.95 Å². The summed E-state index contributed by atoms with van der Waals surface area (Å²) >= 11 is 0. The van der Waals surface area contributed by atoms with E-state index in [2.05, 4.69) is 21.0 Å². The van der Waals surface area contributed by atoms with Gasteiger partial charge in [0.05, 0.1) is 23.4 Å². The molecule has 242 valence electrons. The van der Waals surface area contributed by atoms with E-state index in [1.807, 2.05) is 0 Å². The second-order valence-electron chi connectivity index (χ2n) is 13.0. The Kier molecular flexibility index (Phi) is 9.97. The predicted octanol–water partition coefficient (Wildman–Crippen LogP) is 2.95. The quantitative estimate of drug-likeness (QED) is 0.243. The van der Waals surface area contributed by atoms with Crippen molar-refractivity contribution >= 4 is 11.9 Å². The molecule has 0 bridgehead atoms. The molecule has 3 aromatic rings. The van der Waals surface area contributed by atoms with Gasteiger partial charge in [-0.3, -0.25) is 19.6 Å². The summed E-state index contributed by atoms with van der Waals surface area (Å²) in [6, 6.07) is 10.2. The van der Waals surface area contributed by atoms with Crippen molar-refractivity contribution < 1.29 is 72.4 Å². The summed E-state index contributed by atoms with van der Waals surface area (Å²) in [4.78, 5) is 33.4.